The number of nitrogens with one attached hydrogen (secondary N) is 3. The van der Waals surface area contributed by atoms with Crippen LogP contribution in [0.15, 0.2) is 61.6 Å². The number of piperazine rings is 1. The highest BCUT2D eigenvalue weighted by molar-refractivity contribution is 6.08. The Labute approximate surface area is 200 Å². The SMILES string of the molecule is C=CC(C)(C)c1[nH]cnc1/C=C1/NC(=O)[C@@H]2C[C@@]3(C(C)(C)C=C)c4ccccc4N[C@@H]3N2C1=O. The normalized spacial score (nSPS) is 27.1. The number of nitrogens with zero attached hydrogens (tertiary/aromatic N) is 2. The van der Waals surface area contributed by atoms with Gasteiger partial charge in [-0.05, 0) is 29.5 Å². The van der Waals surface area contributed by atoms with Gasteiger partial charge in [-0.1, -0.05) is 58.0 Å². The molecule has 1 aromatic heterocycles. The fourth-order valence-corrected chi connectivity index (χ4v) is 5.83. The molecule has 0 bridgehead atoms. The lowest BCUT2D eigenvalue weighted by molar-refractivity contribution is -0.141. The first-order chi connectivity index (χ1) is 16.1. The van der Waals surface area contributed by atoms with Gasteiger partial charge in [-0.3, -0.25) is 9.59 Å². The highest BCUT2D eigenvalue weighted by Crippen LogP contribution is 2.60. The van der Waals surface area contributed by atoms with Gasteiger partial charge in [0, 0.05) is 16.5 Å². The first kappa shape index (κ1) is 22.2. The summed E-state index contributed by atoms with van der Waals surface area (Å²) in [4.78, 5) is 36.5. The van der Waals surface area contributed by atoms with Crippen molar-refractivity contribution in [2.45, 2.75) is 57.2 Å². The van der Waals surface area contributed by atoms with Crippen molar-refractivity contribution in [3.63, 3.8) is 0 Å². The van der Waals surface area contributed by atoms with Crippen LogP contribution in [-0.4, -0.2) is 38.9 Å². The molecular weight excluding hydrogens is 426 g/mol. The van der Waals surface area contributed by atoms with E-state index in [1.807, 2.05) is 44.2 Å². The smallest absolute Gasteiger partial charge is 0.272 e. The summed E-state index contributed by atoms with van der Waals surface area (Å²) in [5, 5.41) is 6.44. The molecule has 34 heavy (non-hydrogen) atoms. The minimum atomic E-state index is -0.571. The van der Waals surface area contributed by atoms with Gasteiger partial charge in [-0.25, -0.2) is 4.98 Å². The van der Waals surface area contributed by atoms with Crippen molar-refractivity contribution in [3.8, 4) is 0 Å². The van der Waals surface area contributed by atoms with Gasteiger partial charge in [-0.2, -0.15) is 0 Å². The number of aromatic nitrogens is 2. The average Bonchev–Trinajstić information content (AvgIpc) is 3.49. The fraction of sp³-hybridized carbons (Fsp3) is 0.370. The Morgan fingerprint density at radius 1 is 1.15 bits per heavy atom. The van der Waals surface area contributed by atoms with Gasteiger partial charge in [0.1, 0.15) is 17.9 Å². The molecule has 7 nitrogen and oxygen atoms in total. The van der Waals surface area contributed by atoms with E-state index in [4.69, 9.17) is 0 Å². The molecule has 2 saturated heterocycles. The van der Waals surface area contributed by atoms with Crippen LogP contribution in [0.2, 0.25) is 0 Å². The summed E-state index contributed by atoms with van der Waals surface area (Å²) < 4.78 is 0. The van der Waals surface area contributed by atoms with Crippen LogP contribution in [0.4, 0.5) is 5.69 Å². The molecule has 0 saturated carbocycles. The lowest BCUT2D eigenvalue weighted by Crippen LogP contribution is -2.59. The lowest BCUT2D eigenvalue weighted by Gasteiger charge is -2.43. The number of hydrogen-bond donors (Lipinski definition) is 3. The van der Waals surface area contributed by atoms with Crippen molar-refractivity contribution in [1.82, 2.24) is 20.2 Å². The molecule has 5 rings (SSSR count). The minimum Gasteiger partial charge on any atom is -0.364 e. The second kappa shape index (κ2) is 7.19. The highest BCUT2D eigenvalue weighted by atomic mass is 16.2. The number of para-hydroxylation sites is 1. The first-order valence-corrected chi connectivity index (χ1v) is 11.6. The zero-order valence-electron chi connectivity index (χ0n) is 20.1. The molecule has 3 aliphatic heterocycles. The number of carbonyl (C=O) groups excluding carboxylic acids is 2. The molecule has 0 unspecified atom stereocenters. The number of aromatic amines is 1. The molecule has 176 valence electrons. The Kier molecular flexibility index (Phi) is 4.70. The summed E-state index contributed by atoms with van der Waals surface area (Å²) in [6.07, 6.45) is 7.17. The van der Waals surface area contributed by atoms with Crippen molar-refractivity contribution < 1.29 is 9.59 Å². The second-order valence-corrected chi connectivity index (χ2v) is 10.6. The summed E-state index contributed by atoms with van der Waals surface area (Å²) in [5.41, 5.74) is 2.53. The maximum atomic E-state index is 13.9. The molecule has 0 aliphatic carbocycles. The number of imidazole rings is 1. The summed E-state index contributed by atoms with van der Waals surface area (Å²) in [5.74, 6) is -0.402. The third-order valence-electron chi connectivity index (χ3n) is 8.09. The molecule has 2 fully saturated rings. The van der Waals surface area contributed by atoms with E-state index in [2.05, 4.69) is 53.7 Å². The molecule has 7 heteroatoms. The standard InChI is InChI=1S/C27H31N5O2/c1-7-25(3,4)21-18(28-15-29-21)13-19-23(34)32-20(22(33)30-19)14-27(26(5,6)8-2)16-11-9-10-12-17(16)31-24(27)32/h7-13,15,20,24,31H,1-2,14H2,3-6H3,(H,28,29)(H,30,33)/b19-13+/t20-,24+,27+/m0/s1. The molecule has 3 atom stereocenters. The molecule has 3 N–H and O–H groups in total. The van der Waals surface area contributed by atoms with Gasteiger partial charge >= 0.3 is 0 Å². The number of fused-ring (bicyclic) bond motifs is 5. The van der Waals surface area contributed by atoms with Crippen LogP contribution in [0.25, 0.3) is 6.08 Å². The predicted molar refractivity (Wildman–Crippen MR) is 133 cm³/mol. The van der Waals surface area contributed by atoms with Crippen LogP contribution >= 0.6 is 0 Å². The Morgan fingerprint density at radius 2 is 1.88 bits per heavy atom. The van der Waals surface area contributed by atoms with E-state index in [1.54, 1.807) is 17.3 Å². The van der Waals surface area contributed by atoms with E-state index in [0.29, 0.717) is 12.1 Å². The summed E-state index contributed by atoms with van der Waals surface area (Å²) in [6.45, 7) is 16.3. The third-order valence-corrected chi connectivity index (χ3v) is 8.09. The third kappa shape index (κ3) is 2.79. The second-order valence-electron chi connectivity index (χ2n) is 10.6. The predicted octanol–water partition coefficient (Wildman–Crippen LogP) is 3.85. The van der Waals surface area contributed by atoms with Crippen LogP contribution in [0.3, 0.4) is 0 Å². The lowest BCUT2D eigenvalue weighted by atomic mass is 9.60. The summed E-state index contributed by atoms with van der Waals surface area (Å²) >= 11 is 0. The Hall–Kier alpha value is -3.61. The van der Waals surface area contributed by atoms with Gasteiger partial charge in [0.25, 0.3) is 5.91 Å². The number of carbonyl (C=O) groups is 2. The fourth-order valence-electron chi connectivity index (χ4n) is 5.83. The van der Waals surface area contributed by atoms with E-state index < -0.39 is 11.5 Å². The maximum Gasteiger partial charge on any atom is 0.272 e. The zero-order chi connectivity index (χ0) is 24.5. The number of anilines is 1. The largest absolute Gasteiger partial charge is 0.364 e. The van der Waals surface area contributed by atoms with Gasteiger partial charge in [0.15, 0.2) is 0 Å². The molecule has 4 heterocycles. The molecular formula is C27H31N5O2. The number of hydrogen-bond acceptors (Lipinski definition) is 4. The molecule has 1 aromatic carbocycles. The monoisotopic (exact) mass is 457 g/mol. The topological polar surface area (TPSA) is 90.1 Å². The van der Waals surface area contributed by atoms with Crippen LogP contribution in [0.1, 0.15) is 51.1 Å². The van der Waals surface area contributed by atoms with Crippen LogP contribution in [0, 0.1) is 5.41 Å². The molecule has 2 amide bonds. The highest BCUT2D eigenvalue weighted by Gasteiger charge is 2.66. The molecule has 3 aliphatic rings. The van der Waals surface area contributed by atoms with Gasteiger partial charge in [0.2, 0.25) is 5.91 Å². The van der Waals surface area contributed by atoms with Crippen LogP contribution in [-0.2, 0) is 20.4 Å². The van der Waals surface area contributed by atoms with Crippen molar-refractivity contribution in [3.05, 3.63) is 78.6 Å². The summed E-state index contributed by atoms with van der Waals surface area (Å²) in [7, 11) is 0. The molecule has 2 aromatic rings. The van der Waals surface area contributed by atoms with E-state index in [-0.39, 0.29) is 34.5 Å². The minimum absolute atomic E-state index is 0.182. The first-order valence-electron chi connectivity index (χ1n) is 11.6. The van der Waals surface area contributed by atoms with Crippen molar-refractivity contribution >= 4 is 23.6 Å². The van der Waals surface area contributed by atoms with Gasteiger partial charge in [-0.15, -0.1) is 13.2 Å². The van der Waals surface area contributed by atoms with E-state index in [0.717, 1.165) is 16.9 Å². The summed E-state index contributed by atoms with van der Waals surface area (Å²) in [6, 6.07) is 7.54. The van der Waals surface area contributed by atoms with Crippen molar-refractivity contribution in [1.29, 1.82) is 0 Å². The van der Waals surface area contributed by atoms with Gasteiger partial charge < -0.3 is 20.5 Å². The van der Waals surface area contributed by atoms with Crippen molar-refractivity contribution in [2.24, 2.45) is 5.41 Å². The number of rotatable bonds is 5. The van der Waals surface area contributed by atoms with Gasteiger partial charge in [0.05, 0.1) is 17.7 Å². The Morgan fingerprint density at radius 3 is 2.59 bits per heavy atom. The molecule has 0 spiro atoms. The zero-order valence-corrected chi connectivity index (χ0v) is 20.1. The van der Waals surface area contributed by atoms with Crippen LogP contribution in [0.5, 0.6) is 0 Å². The van der Waals surface area contributed by atoms with E-state index >= 15 is 0 Å². The molecule has 0 radical (unpaired) electrons. The number of amides is 2. The van der Waals surface area contributed by atoms with Crippen molar-refractivity contribution in [2.75, 3.05) is 5.32 Å². The average molecular weight is 458 g/mol. The Balaban J connectivity index is 1.61. The van der Waals surface area contributed by atoms with E-state index in [9.17, 15) is 9.59 Å². The number of allylic oxidation sites excluding steroid dienone is 2. The number of H-pyrrole nitrogens is 1. The number of benzene rings is 1. The van der Waals surface area contributed by atoms with Crippen LogP contribution < -0.4 is 10.6 Å². The van der Waals surface area contributed by atoms with E-state index in [1.165, 1.54) is 0 Å². The maximum absolute atomic E-state index is 13.9. The Bertz CT molecular complexity index is 1250. The quantitative estimate of drug-likeness (QED) is 0.470.